The van der Waals surface area contributed by atoms with Crippen molar-refractivity contribution in [3.05, 3.63) is 18.0 Å². The smallest absolute Gasteiger partial charge is 0.135 e. The number of rotatable bonds is 3. The zero-order chi connectivity index (χ0) is 10.7. The van der Waals surface area contributed by atoms with Gasteiger partial charge in [-0.3, -0.25) is 14.4 Å². The normalized spacial score (nSPS) is 18.3. The molecule has 1 aromatic rings. The van der Waals surface area contributed by atoms with Crippen molar-refractivity contribution in [1.29, 1.82) is 0 Å². The van der Waals surface area contributed by atoms with Crippen molar-refractivity contribution in [1.82, 2.24) is 14.7 Å². The van der Waals surface area contributed by atoms with Crippen molar-refractivity contribution in [2.45, 2.75) is 32.9 Å². The summed E-state index contributed by atoms with van der Waals surface area (Å²) in [5.41, 5.74) is 1.24. The Bertz CT molecular complexity index is 335. The molecule has 1 saturated heterocycles. The number of carbonyl (C=O) groups is 1. The summed E-state index contributed by atoms with van der Waals surface area (Å²) in [6.45, 7) is 5.72. The van der Waals surface area contributed by atoms with Crippen molar-refractivity contribution in [3.8, 4) is 0 Å². The van der Waals surface area contributed by atoms with Gasteiger partial charge in [0.05, 0.1) is 6.20 Å². The predicted octanol–water partition coefficient (Wildman–Crippen LogP) is 1.07. The van der Waals surface area contributed by atoms with E-state index >= 15 is 0 Å². The minimum Gasteiger partial charge on any atom is -0.300 e. The molecule has 4 nitrogen and oxygen atoms in total. The lowest BCUT2D eigenvalue weighted by Gasteiger charge is -2.24. The van der Waals surface area contributed by atoms with E-state index in [4.69, 9.17) is 0 Å². The zero-order valence-corrected chi connectivity index (χ0v) is 9.15. The molecule has 0 N–H and O–H groups in total. The Kier molecular flexibility index (Phi) is 3.16. The number of carbonyl (C=O) groups excluding carboxylic acids is 1. The van der Waals surface area contributed by atoms with E-state index in [0.717, 1.165) is 26.2 Å². The van der Waals surface area contributed by atoms with Crippen LogP contribution in [0.4, 0.5) is 0 Å². The summed E-state index contributed by atoms with van der Waals surface area (Å²) in [4.78, 5) is 13.4. The largest absolute Gasteiger partial charge is 0.300 e. The SMILES string of the molecule is CCn1cc(CN2CCC(=O)CC2)cn1. The lowest BCUT2D eigenvalue weighted by atomic mass is 10.1. The van der Waals surface area contributed by atoms with Crippen LogP contribution >= 0.6 is 0 Å². The molecule has 1 aromatic heterocycles. The van der Waals surface area contributed by atoms with Crippen LogP contribution in [0.25, 0.3) is 0 Å². The highest BCUT2D eigenvalue weighted by molar-refractivity contribution is 5.79. The molecule has 1 fully saturated rings. The van der Waals surface area contributed by atoms with Crippen LogP contribution in [0, 0.1) is 0 Å². The minimum atomic E-state index is 0.399. The van der Waals surface area contributed by atoms with Crippen molar-refractivity contribution in [2.24, 2.45) is 0 Å². The lowest BCUT2D eigenvalue weighted by molar-refractivity contribution is -0.121. The number of hydrogen-bond acceptors (Lipinski definition) is 3. The van der Waals surface area contributed by atoms with Crippen molar-refractivity contribution in [3.63, 3.8) is 0 Å². The third-order valence-corrected chi connectivity index (χ3v) is 2.83. The highest BCUT2D eigenvalue weighted by Gasteiger charge is 2.16. The Morgan fingerprint density at radius 3 is 2.73 bits per heavy atom. The number of likely N-dealkylation sites (tertiary alicyclic amines) is 1. The molecular formula is C11H17N3O. The Balaban J connectivity index is 1.88. The van der Waals surface area contributed by atoms with E-state index < -0.39 is 0 Å². The first kappa shape index (κ1) is 10.4. The van der Waals surface area contributed by atoms with E-state index in [2.05, 4.69) is 23.1 Å². The van der Waals surface area contributed by atoms with Gasteiger partial charge in [0.1, 0.15) is 5.78 Å². The zero-order valence-electron chi connectivity index (χ0n) is 9.15. The highest BCUT2D eigenvalue weighted by Crippen LogP contribution is 2.10. The summed E-state index contributed by atoms with van der Waals surface area (Å²) in [6, 6.07) is 0. The van der Waals surface area contributed by atoms with Crippen LogP contribution in [-0.2, 0) is 17.9 Å². The van der Waals surface area contributed by atoms with Crippen molar-refractivity contribution >= 4 is 5.78 Å². The van der Waals surface area contributed by atoms with E-state index in [1.54, 1.807) is 0 Å². The number of hydrogen-bond donors (Lipinski definition) is 0. The summed E-state index contributed by atoms with van der Waals surface area (Å²) in [5, 5.41) is 4.24. The quantitative estimate of drug-likeness (QED) is 0.744. The molecule has 15 heavy (non-hydrogen) atoms. The molecule has 0 radical (unpaired) electrons. The van der Waals surface area contributed by atoms with Gasteiger partial charge in [-0.25, -0.2) is 0 Å². The first-order valence-electron chi connectivity index (χ1n) is 5.53. The Morgan fingerprint density at radius 1 is 1.40 bits per heavy atom. The summed E-state index contributed by atoms with van der Waals surface area (Å²) >= 11 is 0. The van der Waals surface area contributed by atoms with Gasteiger partial charge in [-0.2, -0.15) is 5.10 Å². The molecular weight excluding hydrogens is 190 g/mol. The van der Waals surface area contributed by atoms with E-state index in [0.29, 0.717) is 18.6 Å². The first-order chi connectivity index (χ1) is 7.28. The molecule has 2 rings (SSSR count). The summed E-state index contributed by atoms with van der Waals surface area (Å²) in [7, 11) is 0. The van der Waals surface area contributed by atoms with Gasteiger partial charge in [-0.05, 0) is 6.92 Å². The second-order valence-corrected chi connectivity index (χ2v) is 4.02. The first-order valence-corrected chi connectivity index (χ1v) is 5.53. The van der Waals surface area contributed by atoms with E-state index in [-0.39, 0.29) is 0 Å². The monoisotopic (exact) mass is 207 g/mol. The van der Waals surface area contributed by atoms with Crippen LogP contribution in [0.5, 0.6) is 0 Å². The van der Waals surface area contributed by atoms with Crippen LogP contribution in [-0.4, -0.2) is 33.6 Å². The van der Waals surface area contributed by atoms with Gasteiger partial charge in [-0.1, -0.05) is 0 Å². The molecule has 1 aliphatic heterocycles. The molecule has 0 bridgehead atoms. The summed E-state index contributed by atoms with van der Waals surface area (Å²) < 4.78 is 1.93. The molecule has 82 valence electrons. The fourth-order valence-electron chi connectivity index (χ4n) is 1.88. The van der Waals surface area contributed by atoms with Gasteiger partial charge >= 0.3 is 0 Å². The standard InChI is InChI=1S/C11H17N3O/c1-2-14-9-10(7-12-14)8-13-5-3-11(15)4-6-13/h7,9H,2-6,8H2,1H3. The van der Waals surface area contributed by atoms with E-state index in [1.807, 2.05) is 10.9 Å². The number of Topliss-reactive ketones (excluding diaryl/α,β-unsaturated/α-hetero) is 1. The summed E-state index contributed by atoms with van der Waals surface area (Å²) in [6.07, 6.45) is 5.42. The number of nitrogens with zero attached hydrogens (tertiary/aromatic N) is 3. The van der Waals surface area contributed by atoms with Crippen molar-refractivity contribution < 1.29 is 4.79 Å². The lowest BCUT2D eigenvalue weighted by Crippen LogP contribution is -2.33. The van der Waals surface area contributed by atoms with Gasteiger partial charge in [0, 0.05) is 50.8 Å². The number of aromatic nitrogens is 2. The molecule has 0 atom stereocenters. The minimum absolute atomic E-state index is 0.399. The molecule has 4 heteroatoms. The summed E-state index contributed by atoms with van der Waals surface area (Å²) in [5.74, 6) is 0.399. The Hall–Kier alpha value is -1.16. The Morgan fingerprint density at radius 2 is 2.13 bits per heavy atom. The molecule has 0 aromatic carbocycles. The van der Waals surface area contributed by atoms with Gasteiger partial charge < -0.3 is 0 Å². The number of ketones is 1. The predicted molar refractivity (Wildman–Crippen MR) is 57.4 cm³/mol. The fraction of sp³-hybridized carbons (Fsp3) is 0.636. The number of aryl methyl sites for hydroxylation is 1. The molecule has 0 spiro atoms. The second kappa shape index (κ2) is 4.57. The van der Waals surface area contributed by atoms with Crippen LogP contribution in [0.1, 0.15) is 25.3 Å². The van der Waals surface area contributed by atoms with Crippen LogP contribution in [0.15, 0.2) is 12.4 Å². The third kappa shape index (κ3) is 2.65. The maximum atomic E-state index is 11.1. The molecule has 0 aliphatic carbocycles. The topological polar surface area (TPSA) is 38.1 Å². The number of piperidine rings is 1. The molecule has 2 heterocycles. The highest BCUT2D eigenvalue weighted by atomic mass is 16.1. The van der Waals surface area contributed by atoms with Gasteiger partial charge in [0.15, 0.2) is 0 Å². The van der Waals surface area contributed by atoms with Crippen LogP contribution in [0.2, 0.25) is 0 Å². The third-order valence-electron chi connectivity index (χ3n) is 2.83. The Labute approximate surface area is 89.9 Å². The van der Waals surface area contributed by atoms with Gasteiger partial charge in [0.2, 0.25) is 0 Å². The molecule has 0 unspecified atom stereocenters. The van der Waals surface area contributed by atoms with Crippen molar-refractivity contribution in [2.75, 3.05) is 13.1 Å². The van der Waals surface area contributed by atoms with Crippen LogP contribution < -0.4 is 0 Å². The van der Waals surface area contributed by atoms with Crippen LogP contribution in [0.3, 0.4) is 0 Å². The second-order valence-electron chi connectivity index (χ2n) is 4.02. The maximum absolute atomic E-state index is 11.1. The van der Waals surface area contributed by atoms with E-state index in [1.165, 1.54) is 5.56 Å². The van der Waals surface area contributed by atoms with Gasteiger partial charge in [0.25, 0.3) is 0 Å². The fourth-order valence-corrected chi connectivity index (χ4v) is 1.88. The molecule has 1 aliphatic rings. The molecule has 0 amide bonds. The molecule has 0 saturated carbocycles. The average Bonchev–Trinajstić information content (AvgIpc) is 2.69. The maximum Gasteiger partial charge on any atom is 0.135 e. The average molecular weight is 207 g/mol. The van der Waals surface area contributed by atoms with Gasteiger partial charge in [-0.15, -0.1) is 0 Å². The van der Waals surface area contributed by atoms with E-state index in [9.17, 15) is 4.79 Å².